The molecule has 5 nitrogen and oxygen atoms in total. The molecule has 0 spiro atoms. The van der Waals surface area contributed by atoms with Crippen molar-refractivity contribution in [2.45, 2.75) is 24.6 Å². The number of rotatable bonds is 5. The molecule has 1 aromatic carbocycles. The summed E-state index contributed by atoms with van der Waals surface area (Å²) >= 11 is 4.46. The molecule has 0 radical (unpaired) electrons. The molecular formula is C16H16BrN3O2S2. The molecule has 3 rings (SSSR count). The van der Waals surface area contributed by atoms with Crippen molar-refractivity contribution in [3.05, 3.63) is 63.2 Å². The van der Waals surface area contributed by atoms with Crippen LogP contribution in [0.3, 0.4) is 0 Å². The molecule has 0 fully saturated rings. The van der Waals surface area contributed by atoms with Gasteiger partial charge in [-0.15, -0.1) is 11.3 Å². The number of hydrogen-bond acceptors (Lipinski definition) is 4. The number of benzene rings is 1. The number of thiophene rings is 1. The summed E-state index contributed by atoms with van der Waals surface area (Å²) in [5.74, 6) is 0. The van der Waals surface area contributed by atoms with Gasteiger partial charge >= 0.3 is 0 Å². The van der Waals surface area contributed by atoms with E-state index in [1.807, 2.05) is 42.8 Å². The second kappa shape index (κ2) is 6.70. The number of aryl methyl sites for hydroxylation is 2. The lowest BCUT2D eigenvalue weighted by Gasteiger charge is -2.09. The van der Waals surface area contributed by atoms with E-state index in [9.17, 15) is 8.42 Å². The van der Waals surface area contributed by atoms with Gasteiger partial charge in [-0.25, -0.2) is 8.42 Å². The first kappa shape index (κ1) is 17.2. The zero-order chi connectivity index (χ0) is 17.3. The molecule has 0 saturated heterocycles. The van der Waals surface area contributed by atoms with Gasteiger partial charge in [-0.1, -0.05) is 12.1 Å². The molecule has 24 heavy (non-hydrogen) atoms. The fraction of sp³-hybridized carbons (Fsp3) is 0.188. The molecule has 0 atom stereocenters. The minimum Gasteiger partial charge on any atom is -0.279 e. The quantitative estimate of drug-likeness (QED) is 0.666. The van der Waals surface area contributed by atoms with Gasteiger partial charge in [-0.2, -0.15) is 5.10 Å². The normalized spacial score (nSPS) is 11.6. The summed E-state index contributed by atoms with van der Waals surface area (Å²) in [7, 11) is -3.57. The number of anilines is 1. The molecule has 2 heterocycles. The predicted octanol–water partition coefficient (Wildman–Crippen LogP) is 4.17. The highest BCUT2D eigenvalue weighted by atomic mass is 79.9. The van der Waals surface area contributed by atoms with Crippen LogP contribution in [0.25, 0.3) is 0 Å². The third kappa shape index (κ3) is 3.88. The topological polar surface area (TPSA) is 64.0 Å². The van der Waals surface area contributed by atoms with E-state index in [0.717, 1.165) is 20.7 Å². The molecule has 0 aliphatic heterocycles. The molecular weight excluding hydrogens is 410 g/mol. The second-order valence-corrected chi connectivity index (χ2v) is 9.82. The molecule has 0 bridgehead atoms. The largest absolute Gasteiger partial charge is 0.279 e. The number of nitrogens with zero attached hydrogens (tertiary/aromatic N) is 2. The summed E-state index contributed by atoms with van der Waals surface area (Å²) in [5.41, 5.74) is 3.56. The smallest absolute Gasteiger partial charge is 0.271 e. The summed E-state index contributed by atoms with van der Waals surface area (Å²) in [6.07, 6.45) is 0. The Bertz CT molecular complexity index is 977. The zero-order valence-electron chi connectivity index (χ0n) is 13.2. The molecule has 3 aromatic rings. The Balaban J connectivity index is 1.82. The molecule has 2 aromatic heterocycles. The summed E-state index contributed by atoms with van der Waals surface area (Å²) in [6, 6.07) is 12.7. The van der Waals surface area contributed by atoms with Gasteiger partial charge in [0.05, 0.1) is 16.0 Å². The average Bonchev–Trinajstić information content (AvgIpc) is 3.06. The van der Waals surface area contributed by atoms with Crippen LogP contribution in [0.4, 0.5) is 5.69 Å². The van der Waals surface area contributed by atoms with Gasteiger partial charge in [-0.3, -0.25) is 9.40 Å². The van der Waals surface area contributed by atoms with Crippen LogP contribution >= 0.6 is 27.3 Å². The lowest BCUT2D eigenvalue weighted by Crippen LogP contribution is -2.12. The van der Waals surface area contributed by atoms with Gasteiger partial charge in [0.25, 0.3) is 10.0 Å². The van der Waals surface area contributed by atoms with Crippen LogP contribution < -0.4 is 4.72 Å². The van der Waals surface area contributed by atoms with Crippen molar-refractivity contribution in [3.63, 3.8) is 0 Å². The molecule has 1 N–H and O–H groups in total. The fourth-order valence-electron chi connectivity index (χ4n) is 2.39. The highest BCUT2D eigenvalue weighted by Gasteiger charge is 2.16. The first-order valence-electron chi connectivity index (χ1n) is 7.22. The van der Waals surface area contributed by atoms with E-state index in [-0.39, 0.29) is 4.21 Å². The average molecular weight is 426 g/mol. The molecule has 0 saturated carbocycles. The van der Waals surface area contributed by atoms with Gasteiger partial charge in [0.15, 0.2) is 0 Å². The maximum absolute atomic E-state index is 12.4. The second-order valence-electron chi connectivity index (χ2n) is 5.45. The third-order valence-electron chi connectivity index (χ3n) is 3.43. The van der Waals surface area contributed by atoms with Crippen LogP contribution in [0.1, 0.15) is 17.0 Å². The van der Waals surface area contributed by atoms with Gasteiger partial charge in [0, 0.05) is 11.4 Å². The van der Waals surface area contributed by atoms with Gasteiger partial charge in [0.2, 0.25) is 0 Å². The maximum Gasteiger partial charge on any atom is 0.271 e. The minimum atomic E-state index is -3.57. The minimum absolute atomic E-state index is 0.276. The summed E-state index contributed by atoms with van der Waals surface area (Å²) in [4.78, 5) is 0. The Morgan fingerprint density at radius 2 is 2.00 bits per heavy atom. The van der Waals surface area contributed by atoms with Crippen molar-refractivity contribution in [1.82, 2.24) is 9.78 Å². The Labute approximate surface area is 153 Å². The Hall–Kier alpha value is -1.64. The van der Waals surface area contributed by atoms with Gasteiger partial charge in [0.1, 0.15) is 4.21 Å². The lowest BCUT2D eigenvalue weighted by atomic mass is 10.2. The predicted molar refractivity (Wildman–Crippen MR) is 100 cm³/mol. The van der Waals surface area contributed by atoms with E-state index in [4.69, 9.17) is 0 Å². The molecule has 126 valence electrons. The van der Waals surface area contributed by atoms with Crippen LogP contribution in [-0.4, -0.2) is 18.2 Å². The maximum atomic E-state index is 12.4. The highest BCUT2D eigenvalue weighted by molar-refractivity contribution is 9.11. The van der Waals surface area contributed by atoms with Crippen LogP contribution in [0.15, 0.2) is 50.5 Å². The fourth-order valence-corrected chi connectivity index (χ4v) is 5.45. The van der Waals surface area contributed by atoms with E-state index in [1.165, 1.54) is 11.3 Å². The van der Waals surface area contributed by atoms with Crippen molar-refractivity contribution in [2.75, 3.05) is 4.72 Å². The van der Waals surface area contributed by atoms with E-state index >= 15 is 0 Å². The van der Waals surface area contributed by atoms with Crippen LogP contribution in [0, 0.1) is 13.8 Å². The first-order chi connectivity index (χ1) is 11.3. The molecule has 0 aliphatic rings. The van der Waals surface area contributed by atoms with Crippen molar-refractivity contribution >= 4 is 43.0 Å². The zero-order valence-corrected chi connectivity index (χ0v) is 16.4. The van der Waals surface area contributed by atoms with Crippen LogP contribution in [0.5, 0.6) is 0 Å². The molecule has 8 heteroatoms. The number of halogens is 1. The van der Waals surface area contributed by atoms with Crippen molar-refractivity contribution < 1.29 is 8.42 Å². The van der Waals surface area contributed by atoms with Gasteiger partial charge < -0.3 is 0 Å². The van der Waals surface area contributed by atoms with E-state index in [1.54, 1.807) is 18.2 Å². The molecule has 0 unspecified atom stereocenters. The molecule has 0 aliphatic carbocycles. The number of sulfonamides is 1. The van der Waals surface area contributed by atoms with E-state index in [0.29, 0.717) is 12.2 Å². The molecule has 0 amide bonds. The standard InChI is InChI=1S/C16H16BrN3O2S2/c1-11-8-12(2)20(18-11)10-13-4-3-5-14(9-13)19-24(21,22)16-7-6-15(17)23-16/h3-9,19H,10H2,1-2H3. The number of nitrogens with one attached hydrogen (secondary N) is 1. The van der Waals surface area contributed by atoms with E-state index in [2.05, 4.69) is 25.8 Å². The summed E-state index contributed by atoms with van der Waals surface area (Å²) in [6.45, 7) is 4.55. The highest BCUT2D eigenvalue weighted by Crippen LogP contribution is 2.27. The SMILES string of the molecule is Cc1cc(C)n(Cc2cccc(NS(=O)(=O)c3ccc(Br)s3)c2)n1. The Kier molecular flexibility index (Phi) is 4.80. The summed E-state index contributed by atoms with van der Waals surface area (Å²) < 4.78 is 30.4. The van der Waals surface area contributed by atoms with Crippen LogP contribution in [0.2, 0.25) is 0 Å². The Morgan fingerprint density at radius 3 is 2.62 bits per heavy atom. The monoisotopic (exact) mass is 425 g/mol. The number of aromatic nitrogens is 2. The van der Waals surface area contributed by atoms with Crippen molar-refractivity contribution in [3.8, 4) is 0 Å². The number of hydrogen-bond donors (Lipinski definition) is 1. The summed E-state index contributed by atoms with van der Waals surface area (Å²) in [5, 5.41) is 4.43. The third-order valence-corrected chi connectivity index (χ3v) is 6.93. The van der Waals surface area contributed by atoms with Crippen molar-refractivity contribution in [1.29, 1.82) is 0 Å². The Morgan fingerprint density at radius 1 is 1.21 bits per heavy atom. The lowest BCUT2D eigenvalue weighted by molar-refractivity contribution is 0.603. The van der Waals surface area contributed by atoms with Crippen molar-refractivity contribution in [2.24, 2.45) is 0 Å². The first-order valence-corrected chi connectivity index (χ1v) is 10.3. The van der Waals surface area contributed by atoms with Gasteiger partial charge in [-0.05, 0) is 65.7 Å². The van der Waals surface area contributed by atoms with E-state index < -0.39 is 10.0 Å². The van der Waals surface area contributed by atoms with Crippen LogP contribution in [-0.2, 0) is 16.6 Å².